The van der Waals surface area contributed by atoms with Gasteiger partial charge in [0, 0.05) is 18.6 Å². The largest absolute Gasteiger partial charge is 0.326 e. The molecule has 19 heavy (non-hydrogen) atoms. The van der Waals surface area contributed by atoms with E-state index in [1.165, 1.54) is 0 Å². The third-order valence-corrected chi connectivity index (χ3v) is 5.95. The van der Waals surface area contributed by atoms with Crippen LogP contribution in [0.1, 0.15) is 38.7 Å². The summed E-state index contributed by atoms with van der Waals surface area (Å²) in [5, 5.41) is 0. The highest BCUT2D eigenvalue weighted by Gasteiger charge is 2.35. The van der Waals surface area contributed by atoms with Gasteiger partial charge < -0.3 is 5.73 Å². The van der Waals surface area contributed by atoms with Gasteiger partial charge in [-0.2, -0.15) is 4.31 Å². The van der Waals surface area contributed by atoms with Crippen molar-refractivity contribution < 1.29 is 8.42 Å². The molecule has 0 radical (unpaired) electrons. The minimum Gasteiger partial charge on any atom is -0.326 e. The zero-order valence-corrected chi connectivity index (χ0v) is 12.4. The Morgan fingerprint density at radius 1 is 1.26 bits per heavy atom. The number of rotatable bonds is 3. The first-order valence-electron chi connectivity index (χ1n) is 6.79. The van der Waals surface area contributed by atoms with Crippen molar-refractivity contribution in [1.82, 2.24) is 4.31 Å². The van der Waals surface area contributed by atoms with Gasteiger partial charge in [0.2, 0.25) is 10.0 Å². The summed E-state index contributed by atoms with van der Waals surface area (Å²) in [5.74, 6) is 0. The minimum atomic E-state index is -3.42. The number of benzene rings is 1. The maximum atomic E-state index is 12.8. The number of sulfonamides is 1. The van der Waals surface area contributed by atoms with Crippen LogP contribution in [0.2, 0.25) is 0 Å². The fourth-order valence-corrected chi connectivity index (χ4v) is 4.78. The predicted octanol–water partition coefficient (Wildman–Crippen LogP) is 2.10. The molecule has 1 aromatic carbocycles. The van der Waals surface area contributed by atoms with Crippen molar-refractivity contribution in [1.29, 1.82) is 0 Å². The molecule has 1 heterocycles. The maximum Gasteiger partial charge on any atom is 0.243 e. The van der Waals surface area contributed by atoms with Crippen LogP contribution < -0.4 is 5.73 Å². The molecule has 2 rings (SSSR count). The van der Waals surface area contributed by atoms with Crippen molar-refractivity contribution in [2.75, 3.05) is 0 Å². The molecule has 1 aromatic rings. The van der Waals surface area contributed by atoms with Gasteiger partial charge in [0.05, 0.1) is 4.90 Å². The summed E-state index contributed by atoms with van der Waals surface area (Å²) in [5.41, 5.74) is 6.43. The van der Waals surface area contributed by atoms with Crippen LogP contribution in [0, 0.1) is 0 Å². The van der Waals surface area contributed by atoms with Gasteiger partial charge in [-0.05, 0) is 44.4 Å². The molecule has 106 valence electrons. The van der Waals surface area contributed by atoms with Crippen LogP contribution in [-0.4, -0.2) is 24.8 Å². The third-order valence-electron chi connectivity index (χ3n) is 3.82. The normalized spacial score (nSPS) is 25.4. The van der Waals surface area contributed by atoms with Crippen LogP contribution >= 0.6 is 0 Å². The van der Waals surface area contributed by atoms with Gasteiger partial charge in [0.15, 0.2) is 0 Å². The Morgan fingerprint density at radius 3 is 2.47 bits per heavy atom. The van der Waals surface area contributed by atoms with Gasteiger partial charge in [-0.3, -0.25) is 0 Å². The average molecular weight is 282 g/mol. The average Bonchev–Trinajstić information content (AvgIpc) is 2.38. The number of hydrogen-bond acceptors (Lipinski definition) is 3. The van der Waals surface area contributed by atoms with Crippen LogP contribution in [-0.2, 0) is 16.6 Å². The van der Waals surface area contributed by atoms with Crippen LogP contribution in [0.5, 0.6) is 0 Å². The van der Waals surface area contributed by atoms with Crippen molar-refractivity contribution in [3.63, 3.8) is 0 Å². The Labute approximate surface area is 115 Å². The summed E-state index contributed by atoms with van der Waals surface area (Å²) in [4.78, 5) is 0.357. The Morgan fingerprint density at radius 2 is 1.89 bits per heavy atom. The van der Waals surface area contributed by atoms with Gasteiger partial charge in [-0.15, -0.1) is 0 Å². The molecule has 0 spiro atoms. The molecule has 1 aliphatic heterocycles. The van der Waals surface area contributed by atoms with E-state index in [1.807, 2.05) is 19.9 Å². The van der Waals surface area contributed by atoms with E-state index in [9.17, 15) is 8.42 Å². The summed E-state index contributed by atoms with van der Waals surface area (Å²) >= 11 is 0. The second kappa shape index (κ2) is 5.61. The summed E-state index contributed by atoms with van der Waals surface area (Å²) in [6.45, 7) is 4.33. The molecule has 0 saturated carbocycles. The van der Waals surface area contributed by atoms with Gasteiger partial charge in [0.1, 0.15) is 0 Å². The Balaban J connectivity index is 2.40. The van der Waals surface area contributed by atoms with Gasteiger partial charge in [-0.25, -0.2) is 8.42 Å². The Hall–Kier alpha value is -0.910. The number of nitrogens with zero attached hydrogens (tertiary/aromatic N) is 1. The highest BCUT2D eigenvalue weighted by Crippen LogP contribution is 2.29. The maximum absolute atomic E-state index is 12.8. The Bertz CT molecular complexity index is 532. The molecule has 1 aliphatic rings. The first-order chi connectivity index (χ1) is 8.96. The van der Waals surface area contributed by atoms with Crippen LogP contribution in [0.4, 0.5) is 0 Å². The molecule has 0 aliphatic carbocycles. The van der Waals surface area contributed by atoms with Gasteiger partial charge in [0.25, 0.3) is 0 Å². The van der Waals surface area contributed by atoms with Crippen LogP contribution in [0.15, 0.2) is 29.2 Å². The van der Waals surface area contributed by atoms with E-state index in [1.54, 1.807) is 22.5 Å². The molecule has 0 bridgehead atoms. The molecule has 2 unspecified atom stereocenters. The lowest BCUT2D eigenvalue weighted by atomic mass is 10.0. The predicted molar refractivity (Wildman–Crippen MR) is 76.1 cm³/mol. The summed E-state index contributed by atoms with van der Waals surface area (Å²) in [7, 11) is -3.42. The minimum absolute atomic E-state index is 0.0651. The second-order valence-electron chi connectivity index (χ2n) is 5.32. The lowest BCUT2D eigenvalue weighted by Crippen LogP contribution is -2.47. The van der Waals surface area contributed by atoms with Crippen molar-refractivity contribution in [3.05, 3.63) is 29.8 Å². The SMILES string of the molecule is CC1CCCC(C)N1S(=O)(=O)c1cccc(CN)c1. The first-order valence-corrected chi connectivity index (χ1v) is 8.23. The molecule has 0 aromatic heterocycles. The molecule has 1 fully saturated rings. The molecule has 2 atom stereocenters. The number of hydrogen-bond donors (Lipinski definition) is 1. The molecule has 4 nitrogen and oxygen atoms in total. The lowest BCUT2D eigenvalue weighted by Gasteiger charge is -2.37. The summed E-state index contributed by atoms with van der Waals surface area (Å²) in [6, 6.07) is 7.08. The van der Waals surface area contributed by atoms with Crippen LogP contribution in [0.25, 0.3) is 0 Å². The van der Waals surface area contributed by atoms with E-state index in [0.29, 0.717) is 11.4 Å². The molecule has 0 amide bonds. The van der Waals surface area contributed by atoms with E-state index in [0.717, 1.165) is 24.8 Å². The van der Waals surface area contributed by atoms with E-state index < -0.39 is 10.0 Å². The second-order valence-corrected chi connectivity index (χ2v) is 7.16. The van der Waals surface area contributed by atoms with E-state index in [4.69, 9.17) is 5.73 Å². The summed E-state index contributed by atoms with van der Waals surface area (Å²) < 4.78 is 27.2. The molecular formula is C14H22N2O2S. The smallest absolute Gasteiger partial charge is 0.243 e. The third kappa shape index (κ3) is 2.83. The molecular weight excluding hydrogens is 260 g/mol. The first kappa shape index (κ1) is 14.5. The lowest BCUT2D eigenvalue weighted by molar-refractivity contribution is 0.204. The van der Waals surface area contributed by atoms with Crippen LogP contribution in [0.3, 0.4) is 0 Å². The highest BCUT2D eigenvalue weighted by atomic mass is 32.2. The molecule has 5 heteroatoms. The van der Waals surface area contributed by atoms with E-state index in [-0.39, 0.29) is 12.1 Å². The van der Waals surface area contributed by atoms with E-state index >= 15 is 0 Å². The number of piperidine rings is 1. The number of nitrogens with two attached hydrogens (primary N) is 1. The van der Waals surface area contributed by atoms with Crippen molar-refractivity contribution in [2.45, 2.75) is 56.6 Å². The highest BCUT2D eigenvalue weighted by molar-refractivity contribution is 7.89. The zero-order chi connectivity index (χ0) is 14.0. The van der Waals surface area contributed by atoms with Crippen molar-refractivity contribution >= 4 is 10.0 Å². The fraction of sp³-hybridized carbons (Fsp3) is 0.571. The topological polar surface area (TPSA) is 63.4 Å². The monoisotopic (exact) mass is 282 g/mol. The molecule has 1 saturated heterocycles. The molecule has 2 N–H and O–H groups in total. The van der Waals surface area contributed by atoms with Gasteiger partial charge >= 0.3 is 0 Å². The van der Waals surface area contributed by atoms with Crippen molar-refractivity contribution in [2.24, 2.45) is 5.73 Å². The Kier molecular flexibility index (Phi) is 4.28. The summed E-state index contributed by atoms with van der Waals surface area (Å²) in [6.07, 6.45) is 2.96. The fourth-order valence-electron chi connectivity index (χ4n) is 2.83. The zero-order valence-electron chi connectivity index (χ0n) is 11.5. The standard InChI is InChI=1S/C14H22N2O2S/c1-11-5-3-6-12(2)16(11)19(17,18)14-8-4-7-13(9-14)10-15/h4,7-9,11-12H,3,5-6,10,15H2,1-2H3. The van der Waals surface area contributed by atoms with Crippen molar-refractivity contribution in [3.8, 4) is 0 Å². The quantitative estimate of drug-likeness (QED) is 0.923. The van der Waals surface area contributed by atoms with Gasteiger partial charge in [-0.1, -0.05) is 18.6 Å². The van der Waals surface area contributed by atoms with E-state index in [2.05, 4.69) is 0 Å².